The van der Waals surface area contributed by atoms with Crippen LogP contribution in [0.3, 0.4) is 0 Å². The van der Waals surface area contributed by atoms with Crippen LogP contribution in [-0.2, 0) is 10.8 Å². The van der Waals surface area contributed by atoms with Crippen molar-refractivity contribution in [3.05, 3.63) is 253 Å². The van der Waals surface area contributed by atoms with Crippen LogP contribution < -0.4 is 30.4 Å². The van der Waals surface area contributed by atoms with Gasteiger partial charge in [0, 0.05) is 80.0 Å². The molecule has 14 aromatic rings. The number of anilines is 9. The van der Waals surface area contributed by atoms with Gasteiger partial charge in [-0.15, -0.1) is 22.7 Å². The first-order valence-electron chi connectivity index (χ1n) is 31.4. The number of pyridine rings is 1. The highest BCUT2D eigenvalue weighted by atomic mass is 32.3. The molecular formula is C81H71BN4OS3. The fraction of sp³-hybridized carbons (Fsp3) is 0.173. The minimum atomic E-state index is -2.19. The van der Waals surface area contributed by atoms with Crippen LogP contribution in [0.4, 0.5) is 51.2 Å². The van der Waals surface area contributed by atoms with Crippen molar-refractivity contribution in [3.63, 3.8) is 0 Å². The maximum absolute atomic E-state index is 6.90. The lowest BCUT2D eigenvalue weighted by Gasteiger charge is -2.53. The molecule has 0 atom stereocenters. The summed E-state index contributed by atoms with van der Waals surface area (Å²) in [5.41, 5.74) is 19.4. The normalized spacial score (nSPS) is 13.6. The number of hydrogen-bond acceptors (Lipinski definition) is 7. The van der Waals surface area contributed by atoms with Gasteiger partial charge in [0.15, 0.2) is 0 Å². The number of nitrogens with zero attached hydrogens (tertiary/aromatic N) is 4. The van der Waals surface area contributed by atoms with Crippen LogP contribution >= 0.6 is 32.7 Å². The van der Waals surface area contributed by atoms with Crippen LogP contribution in [0, 0.1) is 13.8 Å². The number of furan rings is 1. The van der Waals surface area contributed by atoms with Crippen LogP contribution in [0.25, 0.3) is 52.2 Å². The molecule has 0 radical (unpaired) electrons. The monoisotopic (exact) mass is 1220 g/mol. The molecule has 90 heavy (non-hydrogen) atoms. The van der Waals surface area contributed by atoms with Crippen molar-refractivity contribution < 1.29 is 4.42 Å². The Morgan fingerprint density at radius 1 is 0.456 bits per heavy atom. The summed E-state index contributed by atoms with van der Waals surface area (Å²) < 4.78 is 11.7. The second-order valence-electron chi connectivity index (χ2n) is 27.7. The zero-order chi connectivity index (χ0) is 61.8. The van der Waals surface area contributed by atoms with Gasteiger partial charge in [-0.25, -0.2) is 0 Å². The Labute approximate surface area is 538 Å². The molecule has 0 aliphatic carbocycles. The minimum Gasteiger partial charge on any atom is -0.456 e. The van der Waals surface area contributed by atoms with E-state index in [2.05, 4.69) is 309 Å². The predicted molar refractivity (Wildman–Crippen MR) is 390 cm³/mol. The maximum Gasteiger partial charge on any atom is 0.264 e. The van der Waals surface area contributed by atoms with Gasteiger partial charge in [-0.1, -0.05) is 177 Å². The summed E-state index contributed by atoms with van der Waals surface area (Å²) in [6.07, 6.45) is 3.87. The van der Waals surface area contributed by atoms with Gasteiger partial charge in [-0.3, -0.25) is 4.98 Å². The minimum absolute atomic E-state index is 0.0121. The highest BCUT2D eigenvalue weighted by Gasteiger charge is 2.50. The molecule has 0 N–H and O–H groups in total. The molecule has 0 unspecified atom stereocenters. The maximum atomic E-state index is 6.90. The number of benzene rings is 10. The molecule has 0 fully saturated rings. The third kappa shape index (κ3) is 8.67. The van der Waals surface area contributed by atoms with E-state index in [1.807, 2.05) is 35.1 Å². The lowest BCUT2D eigenvalue weighted by atomic mass is 9.36. The third-order valence-corrected chi connectivity index (χ3v) is 26.0. The van der Waals surface area contributed by atoms with Gasteiger partial charge in [0.25, 0.3) is 6.71 Å². The number of fused-ring (bicyclic) bond motifs is 12. The highest BCUT2D eigenvalue weighted by molar-refractivity contribution is 8.34. The summed E-state index contributed by atoms with van der Waals surface area (Å²) in [5, 5.41) is 5.99. The molecule has 6 heterocycles. The second kappa shape index (κ2) is 20.6. The quantitative estimate of drug-likeness (QED) is 0.142. The molecular weight excluding hydrogens is 1150 g/mol. The van der Waals surface area contributed by atoms with Crippen molar-refractivity contribution in [3.8, 4) is 0 Å². The summed E-state index contributed by atoms with van der Waals surface area (Å²) in [6, 6.07) is 83.6. The van der Waals surface area contributed by atoms with Crippen molar-refractivity contribution in [2.24, 2.45) is 0 Å². The average Bonchev–Trinajstić information content (AvgIpc) is 1.13. The molecule has 2 aliphatic heterocycles. The number of rotatable bonds is 8. The Balaban J connectivity index is 1.11. The Morgan fingerprint density at radius 2 is 1.08 bits per heavy atom. The number of aromatic nitrogens is 1. The Bertz CT molecular complexity index is 5170. The van der Waals surface area contributed by atoms with Crippen molar-refractivity contribution in [1.82, 2.24) is 4.98 Å². The average molecular weight is 1220 g/mol. The Morgan fingerprint density at radius 3 is 1.78 bits per heavy atom. The first-order valence-corrected chi connectivity index (χ1v) is 34.7. The lowest BCUT2D eigenvalue weighted by Crippen LogP contribution is -2.60. The van der Waals surface area contributed by atoms with Crippen LogP contribution in [0.5, 0.6) is 0 Å². The van der Waals surface area contributed by atoms with Crippen LogP contribution in [0.2, 0.25) is 0 Å². The molecule has 0 bridgehead atoms. The highest BCUT2D eigenvalue weighted by Crippen LogP contribution is 2.76. The molecule has 16 rings (SSSR count). The van der Waals surface area contributed by atoms with Gasteiger partial charge in [0.1, 0.15) is 11.2 Å². The summed E-state index contributed by atoms with van der Waals surface area (Å²) in [4.78, 5) is 16.6. The van der Waals surface area contributed by atoms with Gasteiger partial charge < -0.3 is 19.1 Å². The molecule has 10 aromatic carbocycles. The first kappa shape index (κ1) is 56.4. The van der Waals surface area contributed by atoms with Crippen molar-refractivity contribution in [2.75, 3.05) is 14.7 Å². The largest absolute Gasteiger partial charge is 0.456 e. The van der Waals surface area contributed by atoms with Gasteiger partial charge in [-0.05, 0) is 172 Å². The third-order valence-electron chi connectivity index (χ3n) is 18.8. The molecule has 9 heteroatoms. The number of aryl methyl sites for hydroxylation is 2. The fourth-order valence-electron chi connectivity index (χ4n) is 14.7. The molecule has 0 spiro atoms. The van der Waals surface area contributed by atoms with Crippen LogP contribution in [-0.4, -0.2) is 16.4 Å². The standard InChI is InChI=1S/C81H71BN4OS3/c1-50-21-16-24-57(43-50)90(81(9,10)11,58-25-17-22-51(2)44-58)59-47-68-75-69(48-59)86(65-29-19-32-71-74(65)62-27-12-14-31-70(62)87-71)76-63-45-53(80(6,7)8)36-41-73(63)89-78(76)82(75)64-40-39-55(84(56-23-20-42-83-49-56)54-37-34-52(35-38-54)79(3,4)5)46-67(64)85(68)66-30-18-28-61-60-26-13-15-33-72(60)88-77(61)66/h12-49H,1-11H3. The van der Waals surface area contributed by atoms with Crippen molar-refractivity contribution >= 4 is 158 Å². The molecule has 0 saturated heterocycles. The summed E-state index contributed by atoms with van der Waals surface area (Å²) in [7, 11) is -2.19. The summed E-state index contributed by atoms with van der Waals surface area (Å²) in [5.74, 6) is 0. The number of hydrogen-bond donors (Lipinski definition) is 0. The topological polar surface area (TPSA) is 35.8 Å². The fourth-order valence-corrected chi connectivity index (χ4v) is 22.0. The predicted octanol–water partition coefficient (Wildman–Crippen LogP) is 22.4. The zero-order valence-electron chi connectivity index (χ0n) is 52.9. The summed E-state index contributed by atoms with van der Waals surface area (Å²) in [6.45, 7) is 25.7. The molecule has 442 valence electrons. The van der Waals surface area contributed by atoms with Crippen LogP contribution in [0.15, 0.2) is 250 Å². The van der Waals surface area contributed by atoms with E-state index in [1.54, 1.807) is 0 Å². The van der Waals surface area contributed by atoms with Gasteiger partial charge in [0.2, 0.25) is 0 Å². The molecule has 4 aromatic heterocycles. The number of thiophene rings is 2. The second-order valence-corrected chi connectivity index (χ2v) is 33.7. The van der Waals surface area contributed by atoms with Crippen molar-refractivity contribution in [1.29, 1.82) is 0 Å². The molecule has 0 saturated carbocycles. The smallest absolute Gasteiger partial charge is 0.264 e. The van der Waals surface area contributed by atoms with E-state index in [0.29, 0.717) is 0 Å². The van der Waals surface area contributed by atoms with E-state index < -0.39 is 10.0 Å². The van der Waals surface area contributed by atoms with Crippen LogP contribution in [0.1, 0.15) is 84.6 Å². The Hall–Kier alpha value is -8.86. The molecule has 2 aliphatic rings. The van der Waals surface area contributed by atoms with Gasteiger partial charge >= 0.3 is 0 Å². The molecule has 5 nitrogen and oxygen atoms in total. The molecule has 0 amide bonds. The van der Waals surface area contributed by atoms with E-state index in [1.165, 1.54) is 100.0 Å². The summed E-state index contributed by atoms with van der Waals surface area (Å²) >= 11 is 3.85. The zero-order valence-corrected chi connectivity index (χ0v) is 55.4. The van der Waals surface area contributed by atoms with Gasteiger partial charge in [-0.2, -0.15) is 10.0 Å². The van der Waals surface area contributed by atoms with E-state index in [0.717, 1.165) is 56.1 Å². The van der Waals surface area contributed by atoms with Crippen molar-refractivity contribution in [2.45, 2.75) is 106 Å². The first-order chi connectivity index (χ1) is 43.3. The number of para-hydroxylation sites is 1. The van der Waals surface area contributed by atoms with E-state index in [4.69, 9.17) is 9.40 Å². The van der Waals surface area contributed by atoms with E-state index >= 15 is 0 Å². The van der Waals surface area contributed by atoms with Gasteiger partial charge in [0.05, 0.1) is 39.0 Å². The Kier molecular flexibility index (Phi) is 12.9. The SMILES string of the molecule is Cc1cccc(S(c2cccc(C)c2)(c2cc3c4c(c2)N(c2cccc5oc6ccccc6c25)c2c(sc5ccc(C(C)(C)C)cc25)B4c2ccc(N(c4ccc(C(C)(C)C)cc4)c4cccnc4)cc2N3c2cccc3c2sc2ccccc23)C(C)(C)C)c1. The lowest BCUT2D eigenvalue weighted by molar-refractivity contribution is 0.590. The van der Waals surface area contributed by atoms with E-state index in [9.17, 15) is 0 Å². The van der Waals surface area contributed by atoms with E-state index in [-0.39, 0.29) is 22.3 Å².